The van der Waals surface area contributed by atoms with Crippen molar-refractivity contribution >= 4 is 35.0 Å². The third kappa shape index (κ3) is 3.97. The molecule has 1 aliphatic heterocycles. The molecule has 0 bridgehead atoms. The molecular weight excluding hydrogens is 475 g/mol. The lowest BCUT2D eigenvalue weighted by Gasteiger charge is -2.20. The van der Waals surface area contributed by atoms with E-state index in [1.165, 1.54) is 33.9 Å². The Morgan fingerprint density at radius 2 is 1.97 bits per heavy atom. The SMILES string of the molecule is CC(C)N1Cc2c(n(CC(=O)Nc3ccc(F)cn3)c3cc(C(=O)Nc4ccon4)nn3c2=O)C1=O. The molecule has 0 saturated carbocycles. The molecule has 0 aliphatic carbocycles. The fourth-order valence-electron chi connectivity index (χ4n) is 3.91. The van der Waals surface area contributed by atoms with E-state index in [1.807, 2.05) is 13.8 Å². The van der Waals surface area contributed by atoms with Gasteiger partial charge in [0.1, 0.15) is 35.8 Å². The zero-order valence-corrected chi connectivity index (χ0v) is 19.1. The lowest BCUT2D eigenvalue weighted by Crippen LogP contribution is -2.32. The number of carbonyl (C=O) groups is 3. The lowest BCUT2D eigenvalue weighted by atomic mass is 10.2. The highest BCUT2D eigenvalue weighted by atomic mass is 19.1. The van der Waals surface area contributed by atoms with Crippen molar-refractivity contribution in [2.24, 2.45) is 0 Å². The molecule has 0 spiro atoms. The highest BCUT2D eigenvalue weighted by Crippen LogP contribution is 2.24. The first kappa shape index (κ1) is 22.9. The van der Waals surface area contributed by atoms with Crippen LogP contribution in [0.4, 0.5) is 16.0 Å². The number of nitrogens with zero attached hydrogens (tertiary/aromatic N) is 6. The minimum Gasteiger partial charge on any atom is -0.363 e. The van der Waals surface area contributed by atoms with Crippen LogP contribution in [0.25, 0.3) is 5.65 Å². The van der Waals surface area contributed by atoms with Crippen LogP contribution in [0.5, 0.6) is 0 Å². The van der Waals surface area contributed by atoms with E-state index < -0.39 is 35.6 Å². The normalized spacial score (nSPS) is 12.9. The summed E-state index contributed by atoms with van der Waals surface area (Å²) in [6, 6.07) is 4.94. The van der Waals surface area contributed by atoms with Crippen LogP contribution in [-0.2, 0) is 17.9 Å². The molecule has 0 fully saturated rings. The third-order valence-electron chi connectivity index (χ3n) is 5.60. The minimum atomic E-state index is -0.672. The quantitative estimate of drug-likeness (QED) is 0.406. The smallest absolute Gasteiger partial charge is 0.280 e. The predicted octanol–water partition coefficient (Wildman–Crippen LogP) is 1.27. The maximum absolute atomic E-state index is 13.3. The molecule has 14 heteroatoms. The third-order valence-corrected chi connectivity index (χ3v) is 5.60. The summed E-state index contributed by atoms with van der Waals surface area (Å²) in [6.45, 7) is 3.24. The first-order valence-corrected chi connectivity index (χ1v) is 10.8. The summed E-state index contributed by atoms with van der Waals surface area (Å²) in [6.07, 6.45) is 2.22. The number of rotatable bonds is 6. The number of pyridine rings is 1. The molecule has 1 aliphatic rings. The Kier molecular flexibility index (Phi) is 5.54. The number of carbonyl (C=O) groups excluding carboxylic acids is 3. The van der Waals surface area contributed by atoms with Gasteiger partial charge in [-0.25, -0.2) is 9.37 Å². The van der Waals surface area contributed by atoms with Crippen molar-refractivity contribution in [1.29, 1.82) is 0 Å². The van der Waals surface area contributed by atoms with Crippen molar-refractivity contribution in [2.45, 2.75) is 33.0 Å². The minimum absolute atomic E-state index is 0.0298. The fourth-order valence-corrected chi connectivity index (χ4v) is 3.91. The average Bonchev–Trinajstić information content (AvgIpc) is 3.57. The molecule has 4 aromatic heterocycles. The fraction of sp³-hybridized carbons (Fsp3) is 0.227. The number of nitrogens with one attached hydrogen (secondary N) is 2. The molecule has 2 N–H and O–H groups in total. The summed E-state index contributed by atoms with van der Waals surface area (Å²) in [7, 11) is 0. The molecule has 3 amide bonds. The van der Waals surface area contributed by atoms with Gasteiger partial charge in [-0.15, -0.1) is 0 Å². The summed E-state index contributed by atoms with van der Waals surface area (Å²) < 4.78 is 20.2. The summed E-state index contributed by atoms with van der Waals surface area (Å²) >= 11 is 0. The van der Waals surface area contributed by atoms with E-state index in [4.69, 9.17) is 0 Å². The first-order valence-electron chi connectivity index (χ1n) is 10.8. The van der Waals surface area contributed by atoms with Crippen LogP contribution in [-0.4, -0.2) is 53.0 Å². The Bertz CT molecular complexity index is 1560. The van der Waals surface area contributed by atoms with Crippen LogP contribution in [0.1, 0.15) is 40.4 Å². The summed E-state index contributed by atoms with van der Waals surface area (Å²) in [5.74, 6) is -2.01. The highest BCUT2D eigenvalue weighted by Gasteiger charge is 2.36. The standard InChI is InChI=1S/C22H19FN8O5/c1-11(2)29-9-13-19(22(29)35)30(10-17(32)25-15-4-3-12(23)8-24-15)18-7-14(27-31(18)21(13)34)20(33)26-16-5-6-36-28-16/h3-8,11H,9-10H2,1-2H3,(H,24,25,32)(H,26,28,33). The zero-order chi connectivity index (χ0) is 25.6. The van der Waals surface area contributed by atoms with Crippen LogP contribution in [0.2, 0.25) is 0 Å². The van der Waals surface area contributed by atoms with E-state index in [0.29, 0.717) is 0 Å². The van der Waals surface area contributed by atoms with Gasteiger partial charge in [-0.1, -0.05) is 5.16 Å². The van der Waals surface area contributed by atoms with Crippen molar-refractivity contribution in [2.75, 3.05) is 10.6 Å². The van der Waals surface area contributed by atoms with Crippen molar-refractivity contribution < 1.29 is 23.3 Å². The first-order chi connectivity index (χ1) is 17.2. The van der Waals surface area contributed by atoms with E-state index in [1.54, 1.807) is 0 Å². The van der Waals surface area contributed by atoms with Gasteiger partial charge >= 0.3 is 0 Å². The molecule has 36 heavy (non-hydrogen) atoms. The van der Waals surface area contributed by atoms with Gasteiger partial charge in [0.25, 0.3) is 17.4 Å². The molecule has 0 radical (unpaired) electrons. The number of hydrogen-bond donors (Lipinski definition) is 2. The van der Waals surface area contributed by atoms with Crippen LogP contribution in [0, 0.1) is 5.82 Å². The lowest BCUT2D eigenvalue weighted by molar-refractivity contribution is -0.116. The van der Waals surface area contributed by atoms with Gasteiger partial charge in [0.2, 0.25) is 5.91 Å². The summed E-state index contributed by atoms with van der Waals surface area (Å²) in [4.78, 5) is 57.3. The van der Waals surface area contributed by atoms with Crippen molar-refractivity contribution in [3.63, 3.8) is 0 Å². The number of halogens is 1. The second-order valence-electron chi connectivity index (χ2n) is 8.29. The topological polar surface area (TPSA) is 157 Å². The van der Waals surface area contributed by atoms with E-state index >= 15 is 0 Å². The molecule has 0 aromatic carbocycles. The molecule has 5 heterocycles. The van der Waals surface area contributed by atoms with Crippen molar-refractivity contribution in [3.05, 3.63) is 69.8 Å². The van der Waals surface area contributed by atoms with Crippen LogP contribution >= 0.6 is 0 Å². The molecule has 4 aromatic rings. The second kappa shape index (κ2) is 8.72. The molecule has 184 valence electrons. The Morgan fingerprint density at radius 1 is 1.17 bits per heavy atom. The largest absolute Gasteiger partial charge is 0.363 e. The van der Waals surface area contributed by atoms with Crippen LogP contribution in [0.15, 0.2) is 46.0 Å². The maximum Gasteiger partial charge on any atom is 0.280 e. The van der Waals surface area contributed by atoms with Gasteiger partial charge in [0, 0.05) is 18.2 Å². The highest BCUT2D eigenvalue weighted by molar-refractivity contribution is 6.03. The van der Waals surface area contributed by atoms with Crippen molar-refractivity contribution in [3.8, 4) is 0 Å². The van der Waals surface area contributed by atoms with Crippen molar-refractivity contribution in [1.82, 2.24) is 29.2 Å². The van der Waals surface area contributed by atoms with E-state index in [2.05, 4.69) is 30.4 Å². The van der Waals surface area contributed by atoms with E-state index in [-0.39, 0.29) is 46.8 Å². The maximum atomic E-state index is 13.3. The van der Waals surface area contributed by atoms with E-state index in [0.717, 1.165) is 16.8 Å². The van der Waals surface area contributed by atoms with Gasteiger partial charge in [0.05, 0.1) is 18.3 Å². The Morgan fingerprint density at radius 3 is 2.64 bits per heavy atom. The molecule has 13 nitrogen and oxygen atoms in total. The van der Waals surface area contributed by atoms with Crippen LogP contribution < -0.4 is 16.2 Å². The molecule has 0 saturated heterocycles. The van der Waals surface area contributed by atoms with Gasteiger partial charge in [-0.2, -0.15) is 9.61 Å². The Hall–Kier alpha value is -4.88. The summed E-state index contributed by atoms with van der Waals surface area (Å²) in [5.41, 5.74) is -0.465. The van der Waals surface area contributed by atoms with Crippen LogP contribution in [0.3, 0.4) is 0 Å². The summed E-state index contributed by atoms with van der Waals surface area (Å²) in [5, 5.41) is 12.7. The molecule has 0 atom stereocenters. The second-order valence-corrected chi connectivity index (χ2v) is 8.29. The monoisotopic (exact) mass is 494 g/mol. The van der Waals surface area contributed by atoms with Gasteiger partial charge < -0.3 is 24.6 Å². The Labute approximate surface area is 201 Å². The molecular formula is C22H19FN8O5. The van der Waals surface area contributed by atoms with Gasteiger partial charge in [-0.3, -0.25) is 19.2 Å². The average molecular weight is 494 g/mol. The van der Waals surface area contributed by atoms with E-state index in [9.17, 15) is 23.6 Å². The molecule has 0 unspecified atom stereocenters. The number of anilines is 2. The van der Waals surface area contributed by atoms with Gasteiger partial charge in [0.15, 0.2) is 11.5 Å². The number of amides is 3. The number of aromatic nitrogens is 5. The number of hydrogen-bond acceptors (Lipinski definition) is 8. The molecule has 5 rings (SSSR count). The number of fused-ring (bicyclic) bond motifs is 2. The predicted molar refractivity (Wildman–Crippen MR) is 122 cm³/mol. The Balaban J connectivity index is 1.58. The van der Waals surface area contributed by atoms with Gasteiger partial charge in [-0.05, 0) is 26.0 Å². The zero-order valence-electron chi connectivity index (χ0n) is 19.1.